The second-order valence-corrected chi connectivity index (χ2v) is 8.79. The van der Waals surface area contributed by atoms with Crippen LogP contribution in [0, 0.1) is 6.92 Å². The maximum Gasteiger partial charge on any atom is 0.243 e. The van der Waals surface area contributed by atoms with Gasteiger partial charge in [-0.1, -0.05) is 11.8 Å². The van der Waals surface area contributed by atoms with Gasteiger partial charge in [0.1, 0.15) is 5.82 Å². The van der Waals surface area contributed by atoms with Crippen molar-refractivity contribution in [2.24, 2.45) is 0 Å². The summed E-state index contributed by atoms with van der Waals surface area (Å²) in [5.74, 6) is 1.59. The molecule has 0 aliphatic heterocycles. The van der Waals surface area contributed by atoms with Crippen LogP contribution >= 0.6 is 11.8 Å². The third-order valence-electron chi connectivity index (χ3n) is 3.66. The van der Waals surface area contributed by atoms with Crippen LogP contribution in [0.5, 0.6) is 11.5 Å². The Morgan fingerprint density at radius 2 is 2.00 bits per heavy atom. The van der Waals surface area contributed by atoms with Crippen molar-refractivity contribution >= 4 is 27.7 Å². The summed E-state index contributed by atoms with van der Waals surface area (Å²) in [5, 5.41) is 9.99. The minimum atomic E-state index is -3.85. The van der Waals surface area contributed by atoms with E-state index in [2.05, 4.69) is 20.5 Å². The molecule has 0 radical (unpaired) electrons. The van der Waals surface area contributed by atoms with E-state index in [-0.39, 0.29) is 11.4 Å². The molecule has 0 unspecified atom stereocenters. The zero-order valence-corrected chi connectivity index (χ0v) is 17.7. The number of likely N-dealkylation sites (N-methyl/N-ethyl adjacent to an activating group) is 1. The minimum Gasteiger partial charge on any atom is -0.493 e. The highest BCUT2D eigenvalue weighted by molar-refractivity contribution is 7.99. The summed E-state index contributed by atoms with van der Waals surface area (Å²) in [6, 6.07) is 4.26. The first kappa shape index (κ1) is 22.0. The predicted molar refractivity (Wildman–Crippen MR) is 104 cm³/mol. The summed E-state index contributed by atoms with van der Waals surface area (Å²) in [5.41, 5.74) is 0. The van der Waals surface area contributed by atoms with Crippen LogP contribution in [0.4, 0.5) is 0 Å². The van der Waals surface area contributed by atoms with Crippen LogP contribution in [0.3, 0.4) is 0 Å². The Balaban J connectivity index is 1.89. The molecule has 2 rings (SSSR count). The number of carbonyl (C=O) groups excluding carboxylic acids is 1. The summed E-state index contributed by atoms with van der Waals surface area (Å²) in [4.78, 5) is 16.2. The molecule has 0 fully saturated rings. The molecule has 2 N–H and O–H groups in total. The summed E-state index contributed by atoms with van der Waals surface area (Å²) in [7, 11) is 0.372. The number of H-pyrrole nitrogens is 1. The molecule has 0 aliphatic carbocycles. The molecule has 1 heterocycles. The molecule has 0 spiro atoms. The van der Waals surface area contributed by atoms with Gasteiger partial charge in [-0.25, -0.2) is 13.4 Å². The van der Waals surface area contributed by atoms with Gasteiger partial charge in [-0.15, -0.1) is 5.10 Å². The average molecular weight is 430 g/mol. The number of thioether (sulfide) groups is 1. The lowest BCUT2D eigenvalue weighted by atomic mass is 10.3. The lowest BCUT2D eigenvalue weighted by Crippen LogP contribution is -2.39. The molecule has 10 nitrogen and oxygen atoms in total. The van der Waals surface area contributed by atoms with Crippen LogP contribution in [0.25, 0.3) is 0 Å². The summed E-state index contributed by atoms with van der Waals surface area (Å²) < 4.78 is 36.6. The first-order valence-corrected chi connectivity index (χ1v) is 10.7. The smallest absolute Gasteiger partial charge is 0.243 e. The number of aromatic nitrogens is 3. The number of amides is 1. The first-order chi connectivity index (χ1) is 13.3. The molecule has 0 aliphatic rings. The molecule has 0 atom stereocenters. The van der Waals surface area contributed by atoms with Gasteiger partial charge in [0.15, 0.2) is 11.5 Å². The molecule has 0 bridgehead atoms. The van der Waals surface area contributed by atoms with Gasteiger partial charge >= 0.3 is 0 Å². The second kappa shape index (κ2) is 9.75. The van der Waals surface area contributed by atoms with Crippen molar-refractivity contribution in [2.75, 3.05) is 40.1 Å². The van der Waals surface area contributed by atoms with Gasteiger partial charge in [-0.2, -0.15) is 4.31 Å². The number of aromatic amines is 1. The number of hydrogen-bond donors (Lipinski definition) is 2. The Labute approximate surface area is 168 Å². The first-order valence-electron chi connectivity index (χ1n) is 8.24. The standard InChI is InChI=1S/C16H23N5O5S2/c1-11-18-16(20-19-11)27-8-7-17-15(22)10-21(2)28(23,24)12-5-6-13(25-3)14(9-12)26-4/h5-6,9H,7-8,10H2,1-4H3,(H,17,22)(H,18,19,20). The Morgan fingerprint density at radius 1 is 1.29 bits per heavy atom. The molecule has 0 saturated heterocycles. The predicted octanol–water partition coefficient (Wildman–Crippen LogP) is 0.659. The van der Waals surface area contributed by atoms with Crippen LogP contribution in [0.2, 0.25) is 0 Å². The molecule has 12 heteroatoms. The van der Waals surface area contributed by atoms with Crippen LogP contribution in [0.1, 0.15) is 5.82 Å². The third kappa shape index (κ3) is 5.59. The van der Waals surface area contributed by atoms with Gasteiger partial charge in [0.05, 0.1) is 25.7 Å². The quantitative estimate of drug-likeness (QED) is 0.417. The Bertz CT molecular complexity index is 916. The number of hydrogen-bond acceptors (Lipinski definition) is 8. The molecule has 1 aromatic carbocycles. The normalized spacial score (nSPS) is 11.5. The molecule has 1 aromatic heterocycles. The number of nitrogens with zero attached hydrogens (tertiary/aromatic N) is 3. The highest BCUT2D eigenvalue weighted by Crippen LogP contribution is 2.30. The van der Waals surface area contributed by atoms with Crippen molar-refractivity contribution in [3.8, 4) is 11.5 Å². The van der Waals surface area contributed by atoms with Gasteiger partial charge in [0.25, 0.3) is 0 Å². The monoisotopic (exact) mass is 429 g/mol. The van der Waals surface area contributed by atoms with Gasteiger partial charge in [-0.05, 0) is 19.1 Å². The Morgan fingerprint density at radius 3 is 2.61 bits per heavy atom. The lowest BCUT2D eigenvalue weighted by molar-refractivity contribution is -0.121. The van der Waals surface area contributed by atoms with Crippen molar-refractivity contribution < 1.29 is 22.7 Å². The van der Waals surface area contributed by atoms with Gasteiger partial charge in [0.2, 0.25) is 21.1 Å². The largest absolute Gasteiger partial charge is 0.493 e. The van der Waals surface area contributed by atoms with E-state index < -0.39 is 15.9 Å². The summed E-state index contributed by atoms with van der Waals surface area (Å²) in [6.45, 7) is 1.86. The fraction of sp³-hybridized carbons (Fsp3) is 0.438. The molecular weight excluding hydrogens is 406 g/mol. The summed E-state index contributed by atoms with van der Waals surface area (Å²) in [6.07, 6.45) is 0. The maximum absolute atomic E-state index is 12.7. The zero-order valence-electron chi connectivity index (χ0n) is 16.1. The number of carbonyl (C=O) groups is 1. The number of nitrogens with one attached hydrogen (secondary N) is 2. The maximum atomic E-state index is 12.7. The number of sulfonamides is 1. The summed E-state index contributed by atoms with van der Waals surface area (Å²) >= 11 is 1.39. The fourth-order valence-corrected chi connectivity index (χ4v) is 4.06. The molecule has 28 heavy (non-hydrogen) atoms. The topological polar surface area (TPSA) is 127 Å². The van der Waals surface area contributed by atoms with E-state index in [1.165, 1.54) is 51.2 Å². The number of benzene rings is 1. The third-order valence-corrected chi connectivity index (χ3v) is 6.31. The van der Waals surface area contributed by atoms with Gasteiger partial charge < -0.3 is 14.8 Å². The van der Waals surface area contributed by atoms with Crippen LogP contribution in [-0.4, -0.2) is 73.9 Å². The van der Waals surface area contributed by atoms with Crippen LogP contribution in [0.15, 0.2) is 28.3 Å². The van der Waals surface area contributed by atoms with E-state index in [1.54, 1.807) is 6.92 Å². The number of rotatable bonds is 10. The Kier molecular flexibility index (Phi) is 7.66. The van der Waals surface area contributed by atoms with E-state index in [9.17, 15) is 13.2 Å². The molecule has 1 amide bonds. The fourth-order valence-electron chi connectivity index (χ4n) is 2.22. The van der Waals surface area contributed by atoms with E-state index in [4.69, 9.17) is 9.47 Å². The number of methoxy groups -OCH3 is 2. The molecular formula is C16H23N5O5S2. The SMILES string of the molecule is COc1ccc(S(=O)(=O)N(C)CC(=O)NCCSc2n[nH]c(C)n2)cc1OC. The van der Waals surface area contributed by atoms with Crippen molar-refractivity contribution in [3.05, 3.63) is 24.0 Å². The lowest BCUT2D eigenvalue weighted by Gasteiger charge is -2.18. The van der Waals surface area contributed by atoms with Crippen LogP contribution in [-0.2, 0) is 14.8 Å². The second-order valence-electron chi connectivity index (χ2n) is 5.68. The zero-order chi connectivity index (χ0) is 20.7. The molecule has 2 aromatic rings. The molecule has 0 saturated carbocycles. The van der Waals surface area contributed by atoms with Crippen molar-refractivity contribution in [2.45, 2.75) is 17.0 Å². The van der Waals surface area contributed by atoms with Crippen LogP contribution < -0.4 is 14.8 Å². The van der Waals surface area contributed by atoms with Crippen molar-refractivity contribution in [1.29, 1.82) is 0 Å². The number of aryl methyl sites for hydroxylation is 1. The van der Waals surface area contributed by atoms with Crippen molar-refractivity contribution in [1.82, 2.24) is 24.8 Å². The van der Waals surface area contributed by atoms with Crippen molar-refractivity contribution in [3.63, 3.8) is 0 Å². The minimum absolute atomic E-state index is 0.0102. The van der Waals surface area contributed by atoms with Gasteiger partial charge in [-0.3, -0.25) is 9.89 Å². The highest BCUT2D eigenvalue weighted by atomic mass is 32.2. The van der Waals surface area contributed by atoms with E-state index in [0.717, 1.165) is 4.31 Å². The van der Waals surface area contributed by atoms with Gasteiger partial charge in [0, 0.05) is 25.4 Å². The Hall–Kier alpha value is -2.31. The number of ether oxygens (including phenoxy) is 2. The van der Waals surface area contributed by atoms with E-state index >= 15 is 0 Å². The van der Waals surface area contributed by atoms with E-state index in [1.807, 2.05) is 0 Å². The molecule has 154 valence electrons. The average Bonchev–Trinajstić information content (AvgIpc) is 3.09. The highest BCUT2D eigenvalue weighted by Gasteiger charge is 2.24. The van der Waals surface area contributed by atoms with E-state index in [0.29, 0.717) is 34.8 Å².